The molecule has 4 atom stereocenters. The molecular formula is C23H36N2O. The largest absolute Gasteiger partial charge is 0.494 e. The molecule has 144 valence electrons. The summed E-state index contributed by atoms with van der Waals surface area (Å²) in [4.78, 5) is 5.38. The Balaban J connectivity index is 1.25. The van der Waals surface area contributed by atoms with Crippen molar-refractivity contribution in [3.8, 4) is 0 Å². The van der Waals surface area contributed by atoms with E-state index < -0.39 is 0 Å². The standard InChI is InChI=1S/C23H36N2O/c1-3-11-24(12-4-1)20-9-7-18-15-19-8-10-21(25-13-5-2-6-14-25)17-23(19)26-22(18)16-20/h9,16,18-19,21,23H,1-8,10-15,17H2. The van der Waals surface area contributed by atoms with Crippen LogP contribution in [0.3, 0.4) is 0 Å². The van der Waals surface area contributed by atoms with E-state index in [1.165, 1.54) is 108 Å². The average molecular weight is 357 g/mol. The van der Waals surface area contributed by atoms with Gasteiger partial charge in [-0.1, -0.05) is 12.5 Å². The van der Waals surface area contributed by atoms with Crippen LogP contribution in [0.15, 0.2) is 23.6 Å². The van der Waals surface area contributed by atoms with E-state index in [2.05, 4.69) is 22.0 Å². The second-order valence-electron chi connectivity index (χ2n) is 9.37. The molecule has 3 aliphatic heterocycles. The fourth-order valence-corrected chi connectivity index (χ4v) is 6.16. The molecule has 0 radical (unpaired) electrons. The summed E-state index contributed by atoms with van der Waals surface area (Å²) in [6.07, 6.45) is 20.4. The van der Waals surface area contributed by atoms with Gasteiger partial charge in [0.05, 0.1) is 0 Å². The Morgan fingerprint density at radius 2 is 1.62 bits per heavy atom. The van der Waals surface area contributed by atoms with Crippen LogP contribution in [0.2, 0.25) is 0 Å². The van der Waals surface area contributed by atoms with Crippen LogP contribution in [-0.4, -0.2) is 48.1 Å². The Kier molecular flexibility index (Phi) is 5.00. The highest BCUT2D eigenvalue weighted by atomic mass is 16.5. The number of piperidine rings is 2. The van der Waals surface area contributed by atoms with Gasteiger partial charge in [0.25, 0.3) is 0 Å². The van der Waals surface area contributed by atoms with Crippen LogP contribution < -0.4 is 0 Å². The highest BCUT2D eigenvalue weighted by Crippen LogP contribution is 2.44. The summed E-state index contributed by atoms with van der Waals surface area (Å²) in [5.41, 5.74) is 1.46. The lowest BCUT2D eigenvalue weighted by atomic mass is 9.74. The number of ether oxygens (including phenoxy) is 1. The molecule has 1 saturated carbocycles. The fourth-order valence-electron chi connectivity index (χ4n) is 6.16. The van der Waals surface area contributed by atoms with Gasteiger partial charge in [0.1, 0.15) is 11.9 Å². The third kappa shape index (κ3) is 3.44. The number of allylic oxidation sites excluding steroid dienone is 3. The Labute approximate surface area is 159 Å². The van der Waals surface area contributed by atoms with Crippen molar-refractivity contribution in [2.24, 2.45) is 11.8 Å². The molecule has 3 saturated heterocycles. The summed E-state index contributed by atoms with van der Waals surface area (Å²) < 4.78 is 6.70. The van der Waals surface area contributed by atoms with Crippen LogP contribution in [0.5, 0.6) is 0 Å². The third-order valence-corrected chi connectivity index (χ3v) is 7.71. The normalized spacial score (nSPS) is 38.5. The summed E-state index contributed by atoms with van der Waals surface area (Å²) in [6, 6.07) is 0.786. The van der Waals surface area contributed by atoms with Crippen molar-refractivity contribution in [3.05, 3.63) is 23.6 Å². The van der Waals surface area contributed by atoms with Crippen LogP contribution in [0.25, 0.3) is 0 Å². The van der Waals surface area contributed by atoms with E-state index in [4.69, 9.17) is 4.74 Å². The lowest BCUT2D eigenvalue weighted by Crippen LogP contribution is -2.48. The summed E-state index contributed by atoms with van der Waals surface area (Å²) in [5.74, 6) is 2.80. The lowest BCUT2D eigenvalue weighted by Gasteiger charge is -2.47. The van der Waals surface area contributed by atoms with Gasteiger partial charge >= 0.3 is 0 Å². The number of hydrogen-bond donors (Lipinski definition) is 0. The second kappa shape index (κ2) is 7.58. The number of fused-ring (bicyclic) bond motifs is 2. The maximum atomic E-state index is 6.70. The molecule has 3 heterocycles. The highest BCUT2D eigenvalue weighted by molar-refractivity contribution is 5.28. The van der Waals surface area contributed by atoms with Crippen LogP contribution in [0, 0.1) is 11.8 Å². The van der Waals surface area contributed by atoms with Gasteiger partial charge in [0, 0.05) is 37.2 Å². The first-order chi connectivity index (χ1) is 12.9. The molecule has 0 N–H and O–H groups in total. The van der Waals surface area contributed by atoms with Crippen LogP contribution in [-0.2, 0) is 4.74 Å². The molecule has 5 rings (SSSR count). The smallest absolute Gasteiger partial charge is 0.103 e. The van der Waals surface area contributed by atoms with E-state index in [0.717, 1.165) is 12.0 Å². The zero-order valence-corrected chi connectivity index (χ0v) is 16.4. The summed E-state index contributed by atoms with van der Waals surface area (Å²) in [6.45, 7) is 5.14. The number of rotatable bonds is 2. The molecule has 4 unspecified atom stereocenters. The Hall–Kier alpha value is -0.960. The predicted molar refractivity (Wildman–Crippen MR) is 106 cm³/mol. The van der Waals surface area contributed by atoms with Crippen LogP contribution in [0.1, 0.15) is 70.6 Å². The molecule has 0 spiro atoms. The molecule has 4 fully saturated rings. The molecule has 3 heteroatoms. The average Bonchev–Trinajstić information content (AvgIpc) is 2.73. The van der Waals surface area contributed by atoms with E-state index >= 15 is 0 Å². The lowest BCUT2D eigenvalue weighted by molar-refractivity contribution is -0.0528. The van der Waals surface area contributed by atoms with Crippen molar-refractivity contribution in [1.29, 1.82) is 0 Å². The summed E-state index contributed by atoms with van der Waals surface area (Å²) >= 11 is 0. The molecule has 0 bridgehead atoms. The van der Waals surface area contributed by atoms with Crippen LogP contribution >= 0.6 is 0 Å². The third-order valence-electron chi connectivity index (χ3n) is 7.71. The van der Waals surface area contributed by atoms with Gasteiger partial charge in [-0.05, 0) is 82.9 Å². The van der Waals surface area contributed by atoms with E-state index in [1.807, 2.05) is 0 Å². The molecule has 0 aromatic heterocycles. The zero-order valence-electron chi connectivity index (χ0n) is 16.4. The Morgan fingerprint density at radius 1 is 0.846 bits per heavy atom. The van der Waals surface area contributed by atoms with Crippen molar-refractivity contribution in [2.45, 2.75) is 82.8 Å². The predicted octanol–water partition coefficient (Wildman–Crippen LogP) is 4.70. The van der Waals surface area contributed by atoms with Crippen LogP contribution in [0.4, 0.5) is 0 Å². The Bertz CT molecular complexity index is 557. The number of nitrogens with zero attached hydrogens (tertiary/aromatic N) is 2. The first-order valence-electron chi connectivity index (χ1n) is 11.4. The molecule has 0 amide bonds. The van der Waals surface area contributed by atoms with Crippen molar-refractivity contribution in [3.63, 3.8) is 0 Å². The first kappa shape index (κ1) is 17.2. The summed E-state index contributed by atoms with van der Waals surface area (Å²) in [7, 11) is 0. The molecule has 2 aliphatic carbocycles. The highest BCUT2D eigenvalue weighted by Gasteiger charge is 2.41. The minimum absolute atomic E-state index is 0.485. The molecule has 3 nitrogen and oxygen atoms in total. The quantitative estimate of drug-likeness (QED) is 0.713. The van der Waals surface area contributed by atoms with Crippen molar-refractivity contribution < 1.29 is 4.74 Å². The monoisotopic (exact) mass is 356 g/mol. The van der Waals surface area contributed by atoms with Gasteiger partial charge in [0.2, 0.25) is 0 Å². The summed E-state index contributed by atoms with van der Waals surface area (Å²) in [5, 5.41) is 0. The van der Waals surface area contributed by atoms with Crippen molar-refractivity contribution in [1.82, 2.24) is 9.80 Å². The fraction of sp³-hybridized carbons (Fsp3) is 0.826. The Morgan fingerprint density at radius 3 is 2.42 bits per heavy atom. The molecule has 26 heavy (non-hydrogen) atoms. The van der Waals surface area contributed by atoms with Gasteiger partial charge in [-0.25, -0.2) is 0 Å². The first-order valence-corrected chi connectivity index (χ1v) is 11.4. The van der Waals surface area contributed by atoms with Gasteiger partial charge in [-0.3, -0.25) is 0 Å². The van der Waals surface area contributed by atoms with E-state index in [0.29, 0.717) is 12.0 Å². The maximum Gasteiger partial charge on any atom is 0.103 e. The molecular weight excluding hydrogens is 320 g/mol. The van der Waals surface area contributed by atoms with E-state index in [1.54, 1.807) is 0 Å². The van der Waals surface area contributed by atoms with Gasteiger partial charge < -0.3 is 14.5 Å². The number of likely N-dealkylation sites (tertiary alicyclic amines) is 2. The maximum absolute atomic E-state index is 6.70. The van der Waals surface area contributed by atoms with E-state index in [-0.39, 0.29) is 0 Å². The second-order valence-corrected chi connectivity index (χ2v) is 9.37. The van der Waals surface area contributed by atoms with Crippen molar-refractivity contribution >= 4 is 0 Å². The molecule has 0 aromatic carbocycles. The molecule has 5 aliphatic rings. The minimum atomic E-state index is 0.485. The van der Waals surface area contributed by atoms with Gasteiger partial charge in [-0.15, -0.1) is 0 Å². The number of hydrogen-bond acceptors (Lipinski definition) is 3. The topological polar surface area (TPSA) is 15.7 Å². The molecule has 0 aromatic rings. The van der Waals surface area contributed by atoms with Gasteiger partial charge in [-0.2, -0.15) is 0 Å². The van der Waals surface area contributed by atoms with E-state index in [9.17, 15) is 0 Å². The zero-order chi connectivity index (χ0) is 17.3. The van der Waals surface area contributed by atoms with Gasteiger partial charge in [0.15, 0.2) is 0 Å². The SMILES string of the molecule is C1=C2OC3CC(N4CCCCC4)CCC3CC2CC=C1N1CCCCC1. The van der Waals surface area contributed by atoms with Crippen molar-refractivity contribution in [2.75, 3.05) is 26.2 Å². The minimum Gasteiger partial charge on any atom is -0.494 e.